The number of nitrogens with zero attached hydrogens (tertiary/aromatic N) is 1. The van der Waals surface area contributed by atoms with Crippen molar-refractivity contribution in [3.63, 3.8) is 0 Å². The van der Waals surface area contributed by atoms with Gasteiger partial charge in [-0.25, -0.2) is 4.79 Å². The number of aryl methyl sites for hydroxylation is 1. The molecule has 1 aliphatic carbocycles. The molecule has 3 nitrogen and oxygen atoms in total. The summed E-state index contributed by atoms with van der Waals surface area (Å²) in [7, 11) is 0. The van der Waals surface area contributed by atoms with Crippen molar-refractivity contribution in [3.05, 3.63) is 45.1 Å². The summed E-state index contributed by atoms with van der Waals surface area (Å²) in [4.78, 5) is 15.4. The zero-order valence-corrected chi connectivity index (χ0v) is 12.0. The number of rotatable bonds is 2. The summed E-state index contributed by atoms with van der Waals surface area (Å²) in [5.41, 5.74) is 3.68. The Morgan fingerprint density at radius 3 is 2.85 bits per heavy atom. The topological polar surface area (TPSA) is 50.2 Å². The van der Waals surface area contributed by atoms with Gasteiger partial charge < -0.3 is 5.11 Å². The molecule has 2 aromatic rings. The van der Waals surface area contributed by atoms with Crippen LogP contribution in [0.1, 0.15) is 23.2 Å². The van der Waals surface area contributed by atoms with Gasteiger partial charge in [0.05, 0.1) is 10.5 Å². The second-order valence-corrected chi connectivity index (χ2v) is 5.60. The zero-order valence-electron chi connectivity index (χ0n) is 10.5. The number of carboxylic acid groups (broad SMARTS) is 1. The van der Waals surface area contributed by atoms with E-state index in [2.05, 4.69) is 4.98 Å². The molecule has 0 spiro atoms. The van der Waals surface area contributed by atoms with Crippen molar-refractivity contribution in [2.75, 3.05) is 0 Å². The number of carbonyl (C=O) groups is 1. The molecule has 0 bridgehead atoms. The van der Waals surface area contributed by atoms with Crippen LogP contribution in [0.25, 0.3) is 17.0 Å². The number of carboxylic acids is 1. The van der Waals surface area contributed by atoms with E-state index in [0.717, 1.165) is 47.5 Å². The molecule has 0 amide bonds. The molecule has 1 aliphatic rings. The Kier molecular flexibility index (Phi) is 3.40. The van der Waals surface area contributed by atoms with E-state index >= 15 is 0 Å². The molecular formula is C15H11Cl2NO2. The van der Waals surface area contributed by atoms with E-state index in [1.54, 1.807) is 18.2 Å². The third kappa shape index (κ3) is 2.28. The number of aliphatic carboxylic acids is 1. The monoisotopic (exact) mass is 307 g/mol. The highest BCUT2D eigenvalue weighted by atomic mass is 35.5. The van der Waals surface area contributed by atoms with Crippen molar-refractivity contribution in [1.82, 2.24) is 4.98 Å². The summed E-state index contributed by atoms with van der Waals surface area (Å²) >= 11 is 12.3. The first kappa shape index (κ1) is 13.4. The molecule has 20 heavy (non-hydrogen) atoms. The SMILES string of the molecule is O=C(O)/C=C/c1c2c(nc3cc(Cl)cc(Cl)c13)CCC2. The first-order chi connectivity index (χ1) is 9.56. The maximum atomic E-state index is 10.8. The molecule has 0 fully saturated rings. The molecule has 102 valence electrons. The molecular weight excluding hydrogens is 297 g/mol. The molecule has 0 radical (unpaired) electrons. The van der Waals surface area contributed by atoms with E-state index in [1.807, 2.05) is 0 Å². The van der Waals surface area contributed by atoms with Crippen LogP contribution in [0.4, 0.5) is 0 Å². The van der Waals surface area contributed by atoms with Gasteiger partial charge in [0.2, 0.25) is 0 Å². The van der Waals surface area contributed by atoms with Crippen LogP contribution in [0, 0.1) is 0 Å². The van der Waals surface area contributed by atoms with E-state index < -0.39 is 5.97 Å². The molecule has 0 atom stereocenters. The first-order valence-corrected chi connectivity index (χ1v) is 7.03. The highest BCUT2D eigenvalue weighted by molar-refractivity contribution is 6.39. The number of pyridine rings is 1. The van der Waals surface area contributed by atoms with Gasteiger partial charge >= 0.3 is 5.97 Å². The number of halogens is 2. The van der Waals surface area contributed by atoms with E-state index in [0.29, 0.717) is 15.6 Å². The van der Waals surface area contributed by atoms with E-state index in [9.17, 15) is 4.79 Å². The minimum atomic E-state index is -0.980. The Hall–Kier alpha value is -1.58. The minimum Gasteiger partial charge on any atom is -0.478 e. The number of aromatic nitrogens is 1. The second-order valence-electron chi connectivity index (χ2n) is 4.76. The fourth-order valence-electron chi connectivity index (χ4n) is 2.69. The van der Waals surface area contributed by atoms with Gasteiger partial charge in [0.15, 0.2) is 0 Å². The van der Waals surface area contributed by atoms with Crippen molar-refractivity contribution < 1.29 is 9.90 Å². The van der Waals surface area contributed by atoms with Gasteiger partial charge in [0.1, 0.15) is 0 Å². The van der Waals surface area contributed by atoms with Crippen LogP contribution >= 0.6 is 23.2 Å². The lowest BCUT2D eigenvalue weighted by molar-refractivity contribution is -0.131. The highest BCUT2D eigenvalue weighted by Crippen LogP contribution is 2.36. The smallest absolute Gasteiger partial charge is 0.328 e. The molecule has 1 aromatic heterocycles. The third-order valence-corrected chi connectivity index (χ3v) is 3.98. The van der Waals surface area contributed by atoms with Crippen LogP contribution < -0.4 is 0 Å². The standard InChI is InChI=1S/C15H11Cl2NO2/c16-8-6-11(17)15-10(4-5-14(19)20)9-2-1-3-12(9)18-13(15)7-8/h4-7H,1-3H2,(H,19,20)/b5-4+. The Morgan fingerprint density at radius 2 is 2.10 bits per heavy atom. The largest absolute Gasteiger partial charge is 0.478 e. The second kappa shape index (κ2) is 5.08. The predicted octanol–water partition coefficient (Wildman–Crippen LogP) is 4.13. The fourth-order valence-corrected chi connectivity index (χ4v) is 3.28. The lowest BCUT2D eigenvalue weighted by atomic mass is 10.0. The maximum Gasteiger partial charge on any atom is 0.328 e. The summed E-state index contributed by atoms with van der Waals surface area (Å²) < 4.78 is 0. The van der Waals surface area contributed by atoms with Gasteiger partial charge in [0.25, 0.3) is 0 Å². The van der Waals surface area contributed by atoms with E-state index in [-0.39, 0.29) is 0 Å². The number of benzene rings is 1. The predicted molar refractivity (Wildman–Crippen MR) is 80.5 cm³/mol. The first-order valence-electron chi connectivity index (χ1n) is 6.28. The molecule has 5 heteroatoms. The van der Waals surface area contributed by atoms with Crippen LogP contribution in [0.2, 0.25) is 10.0 Å². The fraction of sp³-hybridized carbons (Fsp3) is 0.200. The molecule has 0 aliphatic heterocycles. The molecule has 1 N–H and O–H groups in total. The molecule has 0 unspecified atom stereocenters. The van der Waals surface area contributed by atoms with Crippen LogP contribution in [-0.4, -0.2) is 16.1 Å². The highest BCUT2D eigenvalue weighted by Gasteiger charge is 2.20. The lowest BCUT2D eigenvalue weighted by Crippen LogP contribution is -1.96. The Morgan fingerprint density at radius 1 is 1.30 bits per heavy atom. The summed E-state index contributed by atoms with van der Waals surface area (Å²) in [6.45, 7) is 0. The Balaban J connectivity index is 2.36. The van der Waals surface area contributed by atoms with Gasteiger partial charge in [-0.05, 0) is 48.6 Å². The zero-order chi connectivity index (χ0) is 14.3. The molecule has 1 heterocycles. The van der Waals surface area contributed by atoms with Crippen LogP contribution in [0.15, 0.2) is 18.2 Å². The quantitative estimate of drug-likeness (QED) is 0.849. The van der Waals surface area contributed by atoms with Gasteiger partial charge in [-0.2, -0.15) is 0 Å². The third-order valence-electron chi connectivity index (χ3n) is 3.47. The van der Waals surface area contributed by atoms with Crippen molar-refractivity contribution in [2.24, 2.45) is 0 Å². The van der Waals surface area contributed by atoms with Crippen LogP contribution in [-0.2, 0) is 17.6 Å². The normalized spacial score (nSPS) is 14.1. The number of hydrogen-bond acceptors (Lipinski definition) is 2. The maximum absolute atomic E-state index is 10.8. The molecule has 0 saturated carbocycles. The van der Waals surface area contributed by atoms with Gasteiger partial charge in [-0.1, -0.05) is 23.2 Å². The number of fused-ring (bicyclic) bond motifs is 2. The molecule has 1 aromatic carbocycles. The average Bonchev–Trinajstić information content (AvgIpc) is 2.81. The minimum absolute atomic E-state index is 0.500. The lowest BCUT2D eigenvalue weighted by Gasteiger charge is -2.11. The van der Waals surface area contributed by atoms with Gasteiger partial charge in [-0.15, -0.1) is 0 Å². The van der Waals surface area contributed by atoms with Crippen LogP contribution in [0.5, 0.6) is 0 Å². The van der Waals surface area contributed by atoms with E-state index in [1.165, 1.54) is 0 Å². The van der Waals surface area contributed by atoms with Crippen molar-refractivity contribution in [3.8, 4) is 0 Å². The van der Waals surface area contributed by atoms with Crippen molar-refractivity contribution in [1.29, 1.82) is 0 Å². The summed E-state index contributed by atoms with van der Waals surface area (Å²) in [5, 5.41) is 10.7. The Labute approximate surface area is 125 Å². The average molecular weight is 308 g/mol. The Bertz CT molecular complexity index is 753. The summed E-state index contributed by atoms with van der Waals surface area (Å²) in [6.07, 6.45) is 5.58. The van der Waals surface area contributed by atoms with Crippen LogP contribution in [0.3, 0.4) is 0 Å². The number of hydrogen-bond donors (Lipinski definition) is 1. The molecule has 3 rings (SSSR count). The van der Waals surface area contributed by atoms with E-state index in [4.69, 9.17) is 28.3 Å². The van der Waals surface area contributed by atoms with Gasteiger partial charge in [0, 0.05) is 22.2 Å². The summed E-state index contributed by atoms with van der Waals surface area (Å²) in [6, 6.07) is 3.42. The van der Waals surface area contributed by atoms with Crippen molar-refractivity contribution >= 4 is 46.2 Å². The van der Waals surface area contributed by atoms with Crippen molar-refractivity contribution in [2.45, 2.75) is 19.3 Å². The summed E-state index contributed by atoms with van der Waals surface area (Å²) in [5.74, 6) is -0.980. The van der Waals surface area contributed by atoms with Gasteiger partial charge in [-0.3, -0.25) is 4.98 Å². The molecule has 0 saturated heterocycles.